The number of amides is 1. The normalized spacial score (nSPS) is 17.6. The van der Waals surface area contributed by atoms with Crippen LogP contribution in [0.1, 0.15) is 43.3 Å². The minimum absolute atomic E-state index is 0.0477. The van der Waals surface area contributed by atoms with Crippen molar-refractivity contribution in [3.05, 3.63) is 40.9 Å². The fraction of sp³-hybridized carbons (Fsp3) is 0.500. The van der Waals surface area contributed by atoms with Gasteiger partial charge in [0.25, 0.3) is 0 Å². The average Bonchev–Trinajstić information content (AvgIpc) is 3.06. The van der Waals surface area contributed by atoms with Crippen molar-refractivity contribution in [2.45, 2.75) is 38.8 Å². The number of likely N-dealkylation sites (tertiary alicyclic amines) is 1. The molecule has 0 bridgehead atoms. The molecule has 0 aliphatic carbocycles. The van der Waals surface area contributed by atoms with Crippen molar-refractivity contribution in [1.29, 1.82) is 0 Å². The van der Waals surface area contributed by atoms with E-state index in [-0.39, 0.29) is 17.9 Å². The molecule has 7 heteroatoms. The molecule has 0 saturated carbocycles. The van der Waals surface area contributed by atoms with E-state index >= 15 is 0 Å². The first-order chi connectivity index (χ1) is 12.0. The van der Waals surface area contributed by atoms with Crippen molar-refractivity contribution < 1.29 is 4.79 Å². The fourth-order valence-corrected chi connectivity index (χ4v) is 3.92. The molecule has 1 aliphatic rings. The monoisotopic (exact) mass is 359 g/mol. The average molecular weight is 359 g/mol. The van der Waals surface area contributed by atoms with E-state index in [2.05, 4.69) is 34.3 Å². The van der Waals surface area contributed by atoms with E-state index in [9.17, 15) is 4.79 Å². The third-order valence-corrected chi connectivity index (χ3v) is 5.57. The van der Waals surface area contributed by atoms with Crippen molar-refractivity contribution in [2.75, 3.05) is 18.8 Å². The first-order valence-corrected chi connectivity index (χ1v) is 9.54. The topological polar surface area (TPSA) is 84.1 Å². The number of aromatic nitrogens is 2. The number of hydrogen-bond donors (Lipinski definition) is 2. The first-order valence-electron chi connectivity index (χ1n) is 8.73. The molecule has 3 rings (SSSR count). The van der Waals surface area contributed by atoms with Crippen molar-refractivity contribution in [1.82, 2.24) is 20.4 Å². The predicted octanol–water partition coefficient (Wildman–Crippen LogP) is 2.45. The van der Waals surface area contributed by atoms with Crippen molar-refractivity contribution >= 4 is 22.4 Å². The lowest BCUT2D eigenvalue weighted by atomic mass is 9.94. The number of nitrogen functional groups attached to an aromatic ring is 1. The van der Waals surface area contributed by atoms with Gasteiger partial charge in [-0.3, -0.25) is 4.79 Å². The molecule has 1 aliphatic heterocycles. The molecular formula is C18H25N5OS. The summed E-state index contributed by atoms with van der Waals surface area (Å²) < 4.78 is 0. The number of hydrogen-bond acceptors (Lipinski definition) is 6. The second kappa shape index (κ2) is 7.93. The largest absolute Gasteiger partial charge is 0.374 e. The maximum absolute atomic E-state index is 12.8. The minimum atomic E-state index is -0.299. The Labute approximate surface area is 152 Å². The van der Waals surface area contributed by atoms with Crippen LogP contribution in [-0.2, 0) is 4.79 Å². The van der Waals surface area contributed by atoms with Gasteiger partial charge < -0.3 is 16.0 Å². The van der Waals surface area contributed by atoms with Gasteiger partial charge in [0.05, 0.1) is 0 Å². The van der Waals surface area contributed by atoms with Crippen LogP contribution in [0, 0.1) is 5.92 Å². The molecule has 1 atom stereocenters. The minimum Gasteiger partial charge on any atom is -0.374 e. The lowest BCUT2D eigenvalue weighted by Gasteiger charge is -2.34. The predicted molar refractivity (Wildman–Crippen MR) is 100 cm³/mol. The number of nitrogens with one attached hydrogen (secondary N) is 1. The summed E-state index contributed by atoms with van der Waals surface area (Å²) in [5.41, 5.74) is 6.73. The smallest absolute Gasteiger partial charge is 0.224 e. The van der Waals surface area contributed by atoms with E-state index in [1.807, 2.05) is 30.3 Å². The highest BCUT2D eigenvalue weighted by Crippen LogP contribution is 2.27. The highest BCUT2D eigenvalue weighted by molar-refractivity contribution is 7.15. The molecule has 0 radical (unpaired) electrons. The zero-order valence-electron chi connectivity index (χ0n) is 14.7. The standard InChI is InChI=1S/C18H25N5OS/c1-12(2)23-10-8-14(9-11-23)16(24)20-15(13-6-4-3-5-7-13)17-21-22-18(19)25-17/h3-7,12,14-15H,8-11H2,1-2H3,(H2,19,22)(H,20,24). The van der Waals surface area contributed by atoms with Gasteiger partial charge in [-0.15, -0.1) is 10.2 Å². The maximum Gasteiger partial charge on any atom is 0.224 e. The SMILES string of the molecule is CC(C)N1CCC(C(=O)NC(c2ccccc2)c2nnc(N)s2)CC1. The van der Waals surface area contributed by atoms with E-state index in [0.29, 0.717) is 11.2 Å². The highest BCUT2D eigenvalue weighted by atomic mass is 32.1. The number of piperidine rings is 1. The lowest BCUT2D eigenvalue weighted by Crippen LogP contribution is -2.43. The Morgan fingerprint density at radius 1 is 1.24 bits per heavy atom. The second-order valence-electron chi connectivity index (χ2n) is 6.73. The molecule has 6 nitrogen and oxygen atoms in total. The maximum atomic E-state index is 12.8. The van der Waals surface area contributed by atoms with E-state index in [1.54, 1.807) is 0 Å². The van der Waals surface area contributed by atoms with Crippen LogP contribution < -0.4 is 11.1 Å². The summed E-state index contributed by atoms with van der Waals surface area (Å²) in [6.07, 6.45) is 1.79. The Balaban J connectivity index is 1.71. The Kier molecular flexibility index (Phi) is 5.65. The van der Waals surface area contributed by atoms with Crippen LogP contribution in [-0.4, -0.2) is 40.1 Å². The number of nitrogens with zero attached hydrogens (tertiary/aromatic N) is 3. The lowest BCUT2D eigenvalue weighted by molar-refractivity contribution is -0.127. The van der Waals surface area contributed by atoms with Gasteiger partial charge in [0.15, 0.2) is 0 Å². The molecule has 2 heterocycles. The molecule has 134 valence electrons. The molecule has 1 aromatic carbocycles. The summed E-state index contributed by atoms with van der Waals surface area (Å²) >= 11 is 1.32. The fourth-order valence-electron chi connectivity index (χ4n) is 3.23. The number of carbonyl (C=O) groups excluding carboxylic acids is 1. The molecule has 3 N–H and O–H groups in total. The van der Waals surface area contributed by atoms with E-state index in [4.69, 9.17) is 5.73 Å². The van der Waals surface area contributed by atoms with Gasteiger partial charge in [0, 0.05) is 12.0 Å². The molecule has 1 amide bonds. The Hall–Kier alpha value is -1.99. The molecule has 1 aromatic heterocycles. The van der Waals surface area contributed by atoms with Crippen LogP contribution in [0.2, 0.25) is 0 Å². The van der Waals surface area contributed by atoms with Gasteiger partial charge in [0.1, 0.15) is 11.0 Å². The number of nitrogens with two attached hydrogens (primary N) is 1. The third kappa shape index (κ3) is 4.35. The highest BCUT2D eigenvalue weighted by Gasteiger charge is 2.29. The Morgan fingerprint density at radius 2 is 1.92 bits per heavy atom. The summed E-state index contributed by atoms with van der Waals surface area (Å²) in [4.78, 5) is 15.3. The van der Waals surface area contributed by atoms with Gasteiger partial charge in [0.2, 0.25) is 11.0 Å². The van der Waals surface area contributed by atoms with Crippen LogP contribution in [0.25, 0.3) is 0 Å². The van der Waals surface area contributed by atoms with Crippen LogP contribution in [0.3, 0.4) is 0 Å². The van der Waals surface area contributed by atoms with Crippen LogP contribution in [0.5, 0.6) is 0 Å². The number of benzene rings is 1. The van der Waals surface area contributed by atoms with E-state index < -0.39 is 0 Å². The molecule has 0 spiro atoms. The first kappa shape index (κ1) is 17.8. The zero-order valence-corrected chi connectivity index (χ0v) is 15.5. The van der Waals surface area contributed by atoms with Gasteiger partial charge >= 0.3 is 0 Å². The van der Waals surface area contributed by atoms with Gasteiger partial charge in [-0.05, 0) is 45.3 Å². The summed E-state index contributed by atoms with van der Waals surface area (Å²) in [5.74, 6) is 0.137. The summed E-state index contributed by atoms with van der Waals surface area (Å²) in [7, 11) is 0. The van der Waals surface area contributed by atoms with E-state index in [0.717, 1.165) is 36.5 Å². The summed E-state index contributed by atoms with van der Waals surface area (Å²) in [6, 6.07) is 10.1. The molecule has 1 fully saturated rings. The number of carbonyl (C=O) groups is 1. The summed E-state index contributed by atoms with van der Waals surface area (Å²) in [6.45, 7) is 6.34. The van der Waals surface area contributed by atoms with Crippen LogP contribution >= 0.6 is 11.3 Å². The quantitative estimate of drug-likeness (QED) is 0.857. The van der Waals surface area contributed by atoms with Crippen molar-refractivity contribution in [2.24, 2.45) is 5.92 Å². The molecule has 2 aromatic rings. The molecule has 1 saturated heterocycles. The summed E-state index contributed by atoms with van der Waals surface area (Å²) in [5, 5.41) is 12.4. The molecular weight excluding hydrogens is 334 g/mol. The number of rotatable bonds is 5. The molecule has 25 heavy (non-hydrogen) atoms. The van der Waals surface area contributed by atoms with Crippen molar-refractivity contribution in [3.63, 3.8) is 0 Å². The van der Waals surface area contributed by atoms with Gasteiger partial charge in [-0.25, -0.2) is 0 Å². The van der Waals surface area contributed by atoms with Crippen LogP contribution in [0.15, 0.2) is 30.3 Å². The van der Waals surface area contributed by atoms with Gasteiger partial charge in [-0.1, -0.05) is 41.7 Å². The van der Waals surface area contributed by atoms with Crippen molar-refractivity contribution in [3.8, 4) is 0 Å². The molecule has 1 unspecified atom stereocenters. The van der Waals surface area contributed by atoms with E-state index in [1.165, 1.54) is 11.3 Å². The van der Waals surface area contributed by atoms with Gasteiger partial charge in [-0.2, -0.15) is 0 Å². The zero-order chi connectivity index (χ0) is 17.8. The Morgan fingerprint density at radius 3 is 2.48 bits per heavy atom. The second-order valence-corrected chi connectivity index (χ2v) is 7.78. The third-order valence-electron chi connectivity index (χ3n) is 4.75. The number of anilines is 1. The Bertz CT molecular complexity index is 695. The van der Waals surface area contributed by atoms with Crippen LogP contribution in [0.4, 0.5) is 5.13 Å².